The van der Waals surface area contributed by atoms with E-state index in [1.807, 2.05) is 30.3 Å². The van der Waals surface area contributed by atoms with Crippen molar-refractivity contribution < 1.29 is 4.79 Å². The fraction of sp³-hybridized carbons (Fsp3) is 0.182. The fourth-order valence-corrected chi connectivity index (χ4v) is 0.978. The third kappa shape index (κ3) is 4.01. The first kappa shape index (κ1) is 10.7. The summed E-state index contributed by atoms with van der Waals surface area (Å²) in [6, 6.07) is 9.64. The topological polar surface area (TPSA) is 29.1 Å². The third-order valence-electron chi connectivity index (χ3n) is 1.52. The van der Waals surface area contributed by atoms with Crippen LogP contribution in [0.5, 0.6) is 0 Å². The van der Waals surface area contributed by atoms with Crippen molar-refractivity contribution in [3.05, 3.63) is 35.9 Å². The van der Waals surface area contributed by atoms with E-state index in [2.05, 4.69) is 29.8 Å². The van der Waals surface area contributed by atoms with Gasteiger partial charge in [-0.25, -0.2) is 0 Å². The molecule has 0 unspecified atom stereocenters. The molecule has 0 aliphatic heterocycles. The molecule has 1 aromatic carbocycles. The Morgan fingerprint density at radius 3 is 2.71 bits per heavy atom. The first-order valence-corrected chi connectivity index (χ1v) is 4.87. The lowest BCUT2D eigenvalue weighted by Crippen LogP contribution is -2.24. The summed E-state index contributed by atoms with van der Waals surface area (Å²) in [6.45, 7) is 0.369. The molecule has 0 heterocycles. The van der Waals surface area contributed by atoms with Gasteiger partial charge in [0, 0.05) is 5.56 Å². The number of thiol groups is 1. The second-order valence-corrected chi connectivity index (χ2v) is 2.92. The Morgan fingerprint density at radius 1 is 1.36 bits per heavy atom. The van der Waals surface area contributed by atoms with Crippen LogP contribution >= 0.6 is 12.6 Å². The highest BCUT2D eigenvalue weighted by Gasteiger charge is 1.91. The highest BCUT2D eigenvalue weighted by molar-refractivity contribution is 7.81. The summed E-state index contributed by atoms with van der Waals surface area (Å²) in [5.74, 6) is 5.89. The lowest BCUT2D eigenvalue weighted by Gasteiger charge is -1.94. The Labute approximate surface area is 89.1 Å². The zero-order valence-electron chi connectivity index (χ0n) is 7.66. The number of amides is 1. The Hall–Kier alpha value is -1.40. The maximum Gasteiger partial charge on any atom is 0.230 e. The van der Waals surface area contributed by atoms with E-state index in [1.165, 1.54) is 0 Å². The minimum Gasteiger partial charge on any atom is -0.344 e. The number of carbonyl (C=O) groups excluding carboxylic acids is 1. The number of benzene rings is 1. The van der Waals surface area contributed by atoms with Gasteiger partial charge in [-0.3, -0.25) is 4.79 Å². The Kier molecular flexibility index (Phi) is 4.66. The van der Waals surface area contributed by atoms with Gasteiger partial charge in [0.2, 0.25) is 5.91 Å². The molecule has 2 nitrogen and oxygen atoms in total. The van der Waals surface area contributed by atoms with Crippen LogP contribution in [0.15, 0.2) is 30.3 Å². The molecule has 0 bridgehead atoms. The molecule has 0 aromatic heterocycles. The first-order chi connectivity index (χ1) is 6.83. The molecule has 14 heavy (non-hydrogen) atoms. The summed E-state index contributed by atoms with van der Waals surface area (Å²) < 4.78 is 0. The number of hydrogen-bond donors (Lipinski definition) is 2. The molecule has 0 saturated carbocycles. The molecule has 0 fully saturated rings. The Morgan fingerprint density at radius 2 is 2.07 bits per heavy atom. The van der Waals surface area contributed by atoms with E-state index in [1.54, 1.807) is 0 Å². The van der Waals surface area contributed by atoms with E-state index < -0.39 is 0 Å². The molecule has 0 aliphatic rings. The van der Waals surface area contributed by atoms with E-state index >= 15 is 0 Å². The lowest BCUT2D eigenvalue weighted by molar-refractivity contribution is -0.118. The Balaban J connectivity index is 2.38. The number of rotatable bonds is 2. The van der Waals surface area contributed by atoms with Gasteiger partial charge in [0.05, 0.1) is 12.3 Å². The largest absolute Gasteiger partial charge is 0.344 e. The zero-order valence-corrected chi connectivity index (χ0v) is 8.55. The number of hydrogen-bond acceptors (Lipinski definition) is 2. The second-order valence-electron chi connectivity index (χ2n) is 2.60. The predicted molar refractivity (Wildman–Crippen MR) is 60.2 cm³/mol. The highest BCUT2D eigenvalue weighted by atomic mass is 32.1. The van der Waals surface area contributed by atoms with Crippen LogP contribution in [-0.2, 0) is 4.79 Å². The van der Waals surface area contributed by atoms with Gasteiger partial charge in [0.15, 0.2) is 0 Å². The van der Waals surface area contributed by atoms with E-state index in [9.17, 15) is 4.79 Å². The minimum absolute atomic E-state index is 0.101. The molecular formula is C11H11NOS. The van der Waals surface area contributed by atoms with Crippen molar-refractivity contribution in [2.75, 3.05) is 12.3 Å². The molecule has 1 rings (SSSR count). The summed E-state index contributed by atoms with van der Waals surface area (Å²) in [5, 5.41) is 2.61. The van der Waals surface area contributed by atoms with Crippen LogP contribution < -0.4 is 5.32 Å². The Bertz CT molecular complexity index is 351. The normalized spacial score (nSPS) is 8.64. The van der Waals surface area contributed by atoms with Gasteiger partial charge in [-0.05, 0) is 12.1 Å². The summed E-state index contributed by atoms with van der Waals surface area (Å²) in [7, 11) is 0. The molecule has 0 spiro atoms. The predicted octanol–water partition coefficient (Wildman–Crippen LogP) is 1.08. The molecule has 0 atom stereocenters. The molecule has 72 valence electrons. The molecule has 0 radical (unpaired) electrons. The van der Waals surface area contributed by atoms with Crippen LogP contribution in [0.4, 0.5) is 0 Å². The third-order valence-corrected chi connectivity index (χ3v) is 1.81. The average Bonchev–Trinajstić information content (AvgIpc) is 2.25. The van der Waals surface area contributed by atoms with Gasteiger partial charge in [0.1, 0.15) is 0 Å². The van der Waals surface area contributed by atoms with Crippen molar-refractivity contribution in [1.29, 1.82) is 0 Å². The first-order valence-electron chi connectivity index (χ1n) is 4.24. The van der Waals surface area contributed by atoms with Crippen LogP contribution in [0, 0.1) is 11.8 Å². The minimum atomic E-state index is -0.101. The lowest BCUT2D eigenvalue weighted by atomic mass is 10.2. The molecule has 0 aliphatic carbocycles. The van der Waals surface area contributed by atoms with Crippen molar-refractivity contribution in [3.8, 4) is 11.8 Å². The van der Waals surface area contributed by atoms with Crippen LogP contribution in [-0.4, -0.2) is 18.2 Å². The molecule has 1 amide bonds. The van der Waals surface area contributed by atoms with Gasteiger partial charge in [0.25, 0.3) is 0 Å². The molecule has 1 N–H and O–H groups in total. The number of carbonyl (C=O) groups is 1. The molecule has 3 heteroatoms. The molecule has 0 saturated heterocycles. The van der Waals surface area contributed by atoms with Gasteiger partial charge in [-0.2, -0.15) is 12.6 Å². The molecular weight excluding hydrogens is 194 g/mol. The van der Waals surface area contributed by atoms with E-state index in [0.717, 1.165) is 5.56 Å². The van der Waals surface area contributed by atoms with Crippen molar-refractivity contribution in [2.24, 2.45) is 0 Å². The monoisotopic (exact) mass is 205 g/mol. The van der Waals surface area contributed by atoms with Crippen molar-refractivity contribution in [1.82, 2.24) is 5.32 Å². The summed E-state index contributed by atoms with van der Waals surface area (Å²) in [4.78, 5) is 10.8. The maximum atomic E-state index is 10.8. The smallest absolute Gasteiger partial charge is 0.230 e. The maximum absolute atomic E-state index is 10.8. The van der Waals surface area contributed by atoms with E-state index in [0.29, 0.717) is 6.54 Å². The summed E-state index contributed by atoms with van der Waals surface area (Å²) in [6.07, 6.45) is 0. The van der Waals surface area contributed by atoms with Gasteiger partial charge >= 0.3 is 0 Å². The zero-order chi connectivity index (χ0) is 10.2. The number of nitrogens with one attached hydrogen (secondary N) is 1. The van der Waals surface area contributed by atoms with Crippen molar-refractivity contribution in [2.45, 2.75) is 0 Å². The van der Waals surface area contributed by atoms with Gasteiger partial charge in [-0.1, -0.05) is 30.0 Å². The average molecular weight is 205 g/mol. The molecule has 1 aromatic rings. The van der Waals surface area contributed by atoms with Crippen molar-refractivity contribution in [3.63, 3.8) is 0 Å². The van der Waals surface area contributed by atoms with E-state index in [4.69, 9.17) is 0 Å². The second kappa shape index (κ2) is 6.11. The standard InChI is InChI=1S/C11H11NOS/c13-11(9-14)12-8-4-7-10-5-2-1-3-6-10/h1-3,5-6,14H,8-9H2,(H,12,13). The highest BCUT2D eigenvalue weighted by Crippen LogP contribution is 1.93. The SMILES string of the molecule is O=C(CS)NCC#Cc1ccccc1. The van der Waals surface area contributed by atoms with E-state index in [-0.39, 0.29) is 11.7 Å². The van der Waals surface area contributed by atoms with Crippen LogP contribution in [0.3, 0.4) is 0 Å². The van der Waals surface area contributed by atoms with Gasteiger partial charge < -0.3 is 5.32 Å². The summed E-state index contributed by atoms with van der Waals surface area (Å²) in [5.41, 5.74) is 0.952. The van der Waals surface area contributed by atoms with Crippen LogP contribution in [0.25, 0.3) is 0 Å². The fourth-order valence-electron chi connectivity index (χ4n) is 0.866. The quantitative estimate of drug-likeness (QED) is 0.549. The van der Waals surface area contributed by atoms with Gasteiger partial charge in [-0.15, -0.1) is 0 Å². The summed E-state index contributed by atoms with van der Waals surface area (Å²) >= 11 is 3.83. The van der Waals surface area contributed by atoms with Crippen molar-refractivity contribution >= 4 is 18.5 Å². The van der Waals surface area contributed by atoms with Crippen LogP contribution in [0.2, 0.25) is 0 Å². The van der Waals surface area contributed by atoms with Crippen LogP contribution in [0.1, 0.15) is 5.56 Å².